The molecule has 1 amide bonds. The van der Waals surface area contributed by atoms with Crippen LogP contribution in [0.1, 0.15) is 38.5 Å². The van der Waals surface area contributed by atoms with Crippen molar-refractivity contribution >= 4 is 5.91 Å². The number of carbonyl (C=O) groups is 1. The Bertz CT molecular complexity index is 354. The zero-order valence-electron chi connectivity index (χ0n) is 11.0. The predicted octanol–water partition coefficient (Wildman–Crippen LogP) is 1.52. The van der Waals surface area contributed by atoms with Crippen molar-refractivity contribution in [1.82, 2.24) is 5.32 Å². The van der Waals surface area contributed by atoms with Gasteiger partial charge in [-0.1, -0.05) is 0 Å². The molecule has 0 spiro atoms. The first-order valence-corrected chi connectivity index (χ1v) is 7.77. The molecule has 4 saturated carbocycles. The second-order valence-corrected chi connectivity index (χ2v) is 7.20. The molecule has 100 valence electrons. The van der Waals surface area contributed by atoms with Gasteiger partial charge in [0.25, 0.3) is 0 Å². The van der Waals surface area contributed by atoms with Crippen LogP contribution in [0.15, 0.2) is 0 Å². The minimum absolute atomic E-state index is 0.363. The van der Waals surface area contributed by atoms with Crippen LogP contribution in [-0.4, -0.2) is 18.5 Å². The molecule has 0 saturated heterocycles. The Morgan fingerprint density at radius 2 is 1.78 bits per heavy atom. The molecular weight excluding hydrogens is 224 g/mol. The van der Waals surface area contributed by atoms with Gasteiger partial charge in [-0.3, -0.25) is 4.79 Å². The summed E-state index contributed by atoms with van der Waals surface area (Å²) in [6.45, 7) is 0.873. The highest BCUT2D eigenvalue weighted by Crippen LogP contribution is 2.69. The first kappa shape index (κ1) is 11.3. The average molecular weight is 248 g/mol. The summed E-state index contributed by atoms with van der Waals surface area (Å²) in [6, 6.07) is 0.378. The van der Waals surface area contributed by atoms with Crippen LogP contribution < -0.4 is 11.1 Å². The Kier molecular flexibility index (Phi) is 2.48. The van der Waals surface area contributed by atoms with Crippen LogP contribution in [0, 0.1) is 35.5 Å². The van der Waals surface area contributed by atoms with Crippen molar-refractivity contribution in [3.63, 3.8) is 0 Å². The van der Waals surface area contributed by atoms with Crippen molar-refractivity contribution < 1.29 is 4.79 Å². The van der Waals surface area contributed by atoms with Crippen LogP contribution in [0.2, 0.25) is 0 Å². The van der Waals surface area contributed by atoms with Crippen LogP contribution in [-0.2, 0) is 4.79 Å². The molecule has 0 aliphatic heterocycles. The van der Waals surface area contributed by atoms with Crippen LogP contribution in [0.5, 0.6) is 0 Å². The maximum absolute atomic E-state index is 12.2. The molecule has 18 heavy (non-hydrogen) atoms. The fourth-order valence-corrected chi connectivity index (χ4v) is 5.34. The van der Waals surface area contributed by atoms with E-state index in [4.69, 9.17) is 5.73 Å². The highest BCUT2D eigenvalue weighted by molar-refractivity contribution is 5.82. The zero-order valence-corrected chi connectivity index (χ0v) is 11.0. The minimum atomic E-state index is 0.363. The van der Waals surface area contributed by atoms with Crippen molar-refractivity contribution in [3.05, 3.63) is 0 Å². The maximum Gasteiger partial charge on any atom is 0.223 e. The van der Waals surface area contributed by atoms with Crippen molar-refractivity contribution in [2.24, 2.45) is 41.2 Å². The van der Waals surface area contributed by atoms with E-state index in [1.54, 1.807) is 0 Å². The predicted molar refractivity (Wildman–Crippen MR) is 69.6 cm³/mol. The van der Waals surface area contributed by atoms with Crippen LogP contribution >= 0.6 is 0 Å². The van der Waals surface area contributed by atoms with Gasteiger partial charge in [-0.2, -0.15) is 0 Å². The van der Waals surface area contributed by atoms with Crippen LogP contribution in [0.25, 0.3) is 0 Å². The number of hydrogen-bond acceptors (Lipinski definition) is 2. The highest BCUT2D eigenvalue weighted by atomic mass is 16.2. The third-order valence-electron chi connectivity index (χ3n) is 6.18. The van der Waals surface area contributed by atoms with E-state index in [2.05, 4.69) is 5.32 Å². The molecule has 6 atom stereocenters. The molecule has 3 nitrogen and oxygen atoms in total. The molecule has 4 fully saturated rings. The molecule has 0 aromatic rings. The molecule has 0 heterocycles. The Morgan fingerprint density at radius 3 is 2.39 bits per heavy atom. The molecule has 4 aliphatic rings. The molecule has 0 aromatic heterocycles. The van der Waals surface area contributed by atoms with Gasteiger partial charge in [0, 0.05) is 18.5 Å². The Labute approximate surface area is 109 Å². The van der Waals surface area contributed by atoms with E-state index in [0.29, 0.717) is 23.8 Å². The lowest BCUT2D eigenvalue weighted by atomic mass is 10.0. The molecule has 0 radical (unpaired) electrons. The van der Waals surface area contributed by atoms with E-state index in [0.717, 1.165) is 43.1 Å². The fraction of sp³-hybridized carbons (Fsp3) is 0.933. The Morgan fingerprint density at radius 1 is 1.06 bits per heavy atom. The van der Waals surface area contributed by atoms with E-state index < -0.39 is 0 Å². The summed E-state index contributed by atoms with van der Waals surface area (Å²) in [5.41, 5.74) is 5.91. The van der Waals surface area contributed by atoms with Gasteiger partial charge in [-0.15, -0.1) is 0 Å². The SMILES string of the molecule is NC1CCC(CNC(=O)C2C3C4CCC(C4)C23)C1. The molecule has 3 N–H and O–H groups in total. The minimum Gasteiger partial charge on any atom is -0.356 e. The number of nitrogens with two attached hydrogens (primary N) is 1. The van der Waals surface area contributed by atoms with Gasteiger partial charge in [0.2, 0.25) is 5.91 Å². The second-order valence-electron chi connectivity index (χ2n) is 7.20. The summed E-state index contributed by atoms with van der Waals surface area (Å²) < 4.78 is 0. The van der Waals surface area contributed by atoms with Gasteiger partial charge in [-0.05, 0) is 68.1 Å². The quantitative estimate of drug-likeness (QED) is 0.795. The number of fused-ring (bicyclic) bond motifs is 5. The number of amides is 1. The van der Waals surface area contributed by atoms with Gasteiger partial charge in [-0.25, -0.2) is 0 Å². The number of hydrogen-bond donors (Lipinski definition) is 2. The number of rotatable bonds is 3. The van der Waals surface area contributed by atoms with Gasteiger partial charge < -0.3 is 11.1 Å². The number of carbonyl (C=O) groups excluding carboxylic acids is 1. The first-order valence-electron chi connectivity index (χ1n) is 7.77. The van der Waals surface area contributed by atoms with Crippen molar-refractivity contribution in [3.8, 4) is 0 Å². The first-order chi connectivity index (χ1) is 8.74. The molecule has 3 heteroatoms. The van der Waals surface area contributed by atoms with Gasteiger partial charge in [0.1, 0.15) is 0 Å². The van der Waals surface area contributed by atoms with E-state index >= 15 is 0 Å². The van der Waals surface area contributed by atoms with Crippen molar-refractivity contribution in [2.45, 2.75) is 44.6 Å². The summed E-state index contributed by atoms with van der Waals surface area (Å²) in [4.78, 5) is 12.2. The Hall–Kier alpha value is -0.570. The molecule has 4 rings (SSSR count). The summed E-state index contributed by atoms with van der Waals surface area (Å²) in [6.07, 6.45) is 7.66. The normalized spacial score (nSPS) is 52.4. The van der Waals surface area contributed by atoms with Gasteiger partial charge in [0.05, 0.1) is 0 Å². The zero-order chi connectivity index (χ0) is 12.3. The largest absolute Gasteiger partial charge is 0.356 e. The van der Waals surface area contributed by atoms with Crippen LogP contribution in [0.4, 0.5) is 0 Å². The second kappa shape index (κ2) is 3.96. The summed E-state index contributed by atoms with van der Waals surface area (Å²) in [5, 5.41) is 3.21. The fourth-order valence-electron chi connectivity index (χ4n) is 5.34. The van der Waals surface area contributed by atoms with E-state index in [9.17, 15) is 4.79 Å². The summed E-state index contributed by atoms with van der Waals surface area (Å²) >= 11 is 0. The highest BCUT2D eigenvalue weighted by Gasteiger charge is 2.67. The van der Waals surface area contributed by atoms with E-state index in [-0.39, 0.29) is 0 Å². The van der Waals surface area contributed by atoms with Crippen molar-refractivity contribution in [1.29, 1.82) is 0 Å². The lowest BCUT2D eigenvalue weighted by Crippen LogP contribution is -2.32. The molecule has 2 bridgehead atoms. The standard InChI is InChI=1S/C15H24N2O/c16-11-4-1-8(5-11)7-17-15(18)14-12-9-2-3-10(6-9)13(12)14/h8-14H,1-7,16H2,(H,17,18). The molecule has 4 aliphatic carbocycles. The van der Waals surface area contributed by atoms with Crippen LogP contribution in [0.3, 0.4) is 0 Å². The summed E-state index contributed by atoms with van der Waals surface area (Å²) in [7, 11) is 0. The average Bonchev–Trinajstić information content (AvgIpc) is 2.69. The molecular formula is C15H24N2O. The lowest BCUT2D eigenvalue weighted by Gasteiger charge is -2.13. The summed E-state index contributed by atoms with van der Waals surface area (Å²) in [5.74, 6) is 4.74. The monoisotopic (exact) mass is 248 g/mol. The number of nitrogens with one attached hydrogen (secondary N) is 1. The van der Waals surface area contributed by atoms with Gasteiger partial charge in [0.15, 0.2) is 0 Å². The van der Waals surface area contributed by atoms with E-state index in [1.165, 1.54) is 25.7 Å². The third kappa shape index (κ3) is 1.63. The lowest BCUT2D eigenvalue weighted by molar-refractivity contribution is -0.123. The molecule has 0 aromatic carbocycles. The third-order valence-corrected chi connectivity index (χ3v) is 6.18. The molecule has 6 unspecified atom stereocenters. The van der Waals surface area contributed by atoms with Crippen molar-refractivity contribution in [2.75, 3.05) is 6.54 Å². The maximum atomic E-state index is 12.2. The van der Waals surface area contributed by atoms with Gasteiger partial charge >= 0.3 is 0 Å². The smallest absolute Gasteiger partial charge is 0.223 e. The Balaban J connectivity index is 1.28. The van der Waals surface area contributed by atoms with E-state index in [1.807, 2.05) is 0 Å². The topological polar surface area (TPSA) is 55.1 Å².